The number of benzene rings is 1. The van der Waals surface area contributed by atoms with Crippen molar-refractivity contribution in [1.82, 2.24) is 4.57 Å². The van der Waals surface area contributed by atoms with Gasteiger partial charge in [0.1, 0.15) is 4.21 Å². The Hall–Kier alpha value is -1.35. The second-order valence-corrected chi connectivity index (χ2v) is 9.08. The maximum atomic E-state index is 12.3. The third kappa shape index (κ3) is 2.79. The number of thiophene rings is 1. The predicted octanol–water partition coefficient (Wildman–Crippen LogP) is 3.60. The van der Waals surface area contributed by atoms with Gasteiger partial charge in [0, 0.05) is 6.54 Å². The third-order valence-corrected chi connectivity index (χ3v) is 7.10. The van der Waals surface area contributed by atoms with Crippen LogP contribution in [-0.2, 0) is 16.6 Å². The number of aromatic nitrogens is 1. The molecule has 0 spiro atoms. The first-order valence-electron chi connectivity index (χ1n) is 6.32. The molecular formula is C13H11ClN2O3S3. The molecule has 9 heteroatoms. The molecule has 0 bridgehead atoms. The van der Waals surface area contributed by atoms with Crippen molar-refractivity contribution in [1.29, 1.82) is 0 Å². The number of sulfonamides is 1. The van der Waals surface area contributed by atoms with Crippen LogP contribution in [0.2, 0.25) is 4.34 Å². The van der Waals surface area contributed by atoms with Crippen LogP contribution >= 0.6 is 34.3 Å². The summed E-state index contributed by atoms with van der Waals surface area (Å²) in [6.45, 7) is 2.47. The van der Waals surface area contributed by atoms with E-state index in [0.29, 0.717) is 16.6 Å². The van der Waals surface area contributed by atoms with E-state index >= 15 is 0 Å². The molecule has 116 valence electrons. The van der Waals surface area contributed by atoms with E-state index in [9.17, 15) is 13.2 Å². The van der Waals surface area contributed by atoms with Gasteiger partial charge in [0.05, 0.1) is 20.2 Å². The summed E-state index contributed by atoms with van der Waals surface area (Å²) in [5, 5.41) is 0. The fourth-order valence-electron chi connectivity index (χ4n) is 2.08. The molecule has 3 rings (SSSR count). The lowest BCUT2D eigenvalue weighted by molar-refractivity contribution is 0.603. The van der Waals surface area contributed by atoms with Gasteiger partial charge in [-0.3, -0.25) is 14.1 Å². The highest BCUT2D eigenvalue weighted by Gasteiger charge is 2.17. The summed E-state index contributed by atoms with van der Waals surface area (Å²) in [4.78, 5) is 11.8. The van der Waals surface area contributed by atoms with Gasteiger partial charge in [-0.05, 0) is 37.3 Å². The Morgan fingerprint density at radius 3 is 2.64 bits per heavy atom. The van der Waals surface area contributed by atoms with Crippen molar-refractivity contribution in [2.75, 3.05) is 4.72 Å². The van der Waals surface area contributed by atoms with Gasteiger partial charge in [-0.2, -0.15) is 0 Å². The number of hydrogen-bond acceptors (Lipinski definition) is 5. The summed E-state index contributed by atoms with van der Waals surface area (Å²) in [7, 11) is -3.67. The molecular weight excluding hydrogens is 364 g/mol. The first-order valence-corrected chi connectivity index (χ1v) is 9.81. The van der Waals surface area contributed by atoms with E-state index in [4.69, 9.17) is 11.6 Å². The van der Waals surface area contributed by atoms with Crippen LogP contribution in [0.1, 0.15) is 6.92 Å². The van der Waals surface area contributed by atoms with Crippen LogP contribution in [0.25, 0.3) is 10.2 Å². The molecule has 0 amide bonds. The minimum absolute atomic E-state index is 0.0532. The van der Waals surface area contributed by atoms with Crippen LogP contribution in [0.4, 0.5) is 5.69 Å². The van der Waals surface area contributed by atoms with Crippen LogP contribution in [0.15, 0.2) is 39.3 Å². The van der Waals surface area contributed by atoms with Crippen LogP contribution < -0.4 is 9.60 Å². The van der Waals surface area contributed by atoms with Crippen molar-refractivity contribution in [3.05, 3.63) is 44.3 Å². The first kappa shape index (κ1) is 15.5. The number of nitrogens with one attached hydrogen (secondary N) is 1. The second-order valence-electron chi connectivity index (χ2n) is 4.46. The molecule has 0 fully saturated rings. The van der Waals surface area contributed by atoms with Gasteiger partial charge >= 0.3 is 4.87 Å². The Labute approximate surface area is 139 Å². The van der Waals surface area contributed by atoms with Crippen LogP contribution in [0.3, 0.4) is 0 Å². The molecule has 3 aromatic rings. The van der Waals surface area contributed by atoms with Crippen molar-refractivity contribution < 1.29 is 8.42 Å². The average molecular weight is 375 g/mol. The molecule has 0 unspecified atom stereocenters. The van der Waals surface area contributed by atoms with E-state index in [2.05, 4.69) is 4.72 Å². The van der Waals surface area contributed by atoms with Crippen molar-refractivity contribution in [2.45, 2.75) is 17.7 Å². The molecule has 0 saturated heterocycles. The summed E-state index contributed by atoms with van der Waals surface area (Å²) in [6, 6.07) is 8.06. The fraction of sp³-hybridized carbons (Fsp3) is 0.154. The standard InChI is InChI=1S/C13H11ClN2O3S3/c1-2-16-9-4-3-8(7-10(9)20-13(16)17)15-22(18,19)12-6-5-11(14)21-12/h3-7,15H,2H2,1H3. The van der Waals surface area contributed by atoms with E-state index in [0.717, 1.165) is 32.9 Å². The van der Waals surface area contributed by atoms with Crippen molar-refractivity contribution in [2.24, 2.45) is 0 Å². The Bertz CT molecular complexity index is 1000. The highest BCUT2D eigenvalue weighted by Crippen LogP contribution is 2.28. The third-order valence-electron chi connectivity index (χ3n) is 3.05. The van der Waals surface area contributed by atoms with Crippen LogP contribution in [-0.4, -0.2) is 13.0 Å². The molecule has 22 heavy (non-hydrogen) atoms. The molecule has 0 saturated carbocycles. The van der Waals surface area contributed by atoms with E-state index in [1.54, 1.807) is 22.8 Å². The van der Waals surface area contributed by atoms with E-state index in [1.807, 2.05) is 6.92 Å². The molecule has 0 radical (unpaired) electrons. The lowest BCUT2D eigenvalue weighted by Gasteiger charge is -2.06. The van der Waals surface area contributed by atoms with Crippen LogP contribution in [0.5, 0.6) is 0 Å². The zero-order valence-electron chi connectivity index (χ0n) is 11.4. The number of thiazole rings is 1. The van der Waals surface area contributed by atoms with E-state index < -0.39 is 10.0 Å². The van der Waals surface area contributed by atoms with Gasteiger partial charge in [-0.15, -0.1) is 11.3 Å². The Morgan fingerprint density at radius 2 is 2.00 bits per heavy atom. The number of hydrogen-bond donors (Lipinski definition) is 1. The molecule has 2 aromatic heterocycles. The fourth-order valence-corrected chi connectivity index (χ4v) is 5.60. The molecule has 1 N–H and O–H groups in total. The summed E-state index contributed by atoms with van der Waals surface area (Å²) in [5.74, 6) is 0. The number of nitrogens with zero attached hydrogens (tertiary/aromatic N) is 1. The lowest BCUT2D eigenvalue weighted by atomic mass is 10.3. The Balaban J connectivity index is 1.99. The van der Waals surface area contributed by atoms with Crippen molar-refractivity contribution >= 4 is 60.2 Å². The van der Waals surface area contributed by atoms with Gasteiger partial charge in [-0.1, -0.05) is 22.9 Å². The normalized spacial score (nSPS) is 11.9. The lowest BCUT2D eigenvalue weighted by Crippen LogP contribution is -2.11. The summed E-state index contributed by atoms with van der Waals surface area (Å²) < 4.78 is 30.0. The summed E-state index contributed by atoms with van der Waals surface area (Å²) in [6.07, 6.45) is 0. The zero-order valence-corrected chi connectivity index (χ0v) is 14.6. The molecule has 2 heterocycles. The van der Waals surface area contributed by atoms with E-state index in [1.165, 1.54) is 12.1 Å². The number of halogens is 1. The molecule has 0 aliphatic rings. The van der Waals surface area contributed by atoms with Gasteiger partial charge < -0.3 is 0 Å². The monoisotopic (exact) mass is 374 g/mol. The summed E-state index contributed by atoms with van der Waals surface area (Å²) in [5.41, 5.74) is 1.22. The Morgan fingerprint density at radius 1 is 1.23 bits per heavy atom. The van der Waals surface area contributed by atoms with Gasteiger partial charge in [0.15, 0.2) is 0 Å². The number of fused-ring (bicyclic) bond motifs is 1. The maximum Gasteiger partial charge on any atom is 0.308 e. The predicted molar refractivity (Wildman–Crippen MR) is 91.9 cm³/mol. The molecule has 5 nitrogen and oxygen atoms in total. The SMILES string of the molecule is CCn1c(=O)sc2cc(NS(=O)(=O)c3ccc(Cl)s3)ccc21. The molecule has 0 aliphatic carbocycles. The van der Waals surface area contributed by atoms with Gasteiger partial charge in [-0.25, -0.2) is 8.42 Å². The second kappa shape index (κ2) is 5.69. The highest BCUT2D eigenvalue weighted by atomic mass is 35.5. The van der Waals surface area contributed by atoms with Crippen LogP contribution in [0, 0.1) is 0 Å². The quantitative estimate of drug-likeness (QED) is 0.758. The largest absolute Gasteiger partial charge is 0.308 e. The first-order chi connectivity index (χ1) is 10.4. The Kier molecular flexibility index (Phi) is 4.02. The highest BCUT2D eigenvalue weighted by molar-refractivity contribution is 7.94. The van der Waals surface area contributed by atoms with Crippen molar-refractivity contribution in [3.8, 4) is 0 Å². The van der Waals surface area contributed by atoms with Gasteiger partial charge in [0.25, 0.3) is 10.0 Å². The number of aryl methyl sites for hydroxylation is 1. The topological polar surface area (TPSA) is 68.2 Å². The van der Waals surface area contributed by atoms with E-state index in [-0.39, 0.29) is 9.08 Å². The number of rotatable bonds is 4. The number of anilines is 1. The molecule has 0 aliphatic heterocycles. The molecule has 1 aromatic carbocycles. The minimum Gasteiger partial charge on any atom is -0.299 e. The zero-order chi connectivity index (χ0) is 15.9. The van der Waals surface area contributed by atoms with Crippen molar-refractivity contribution in [3.63, 3.8) is 0 Å². The molecule has 0 atom stereocenters. The minimum atomic E-state index is -3.67. The average Bonchev–Trinajstić information content (AvgIpc) is 3.01. The summed E-state index contributed by atoms with van der Waals surface area (Å²) >= 11 is 7.86. The smallest absolute Gasteiger partial charge is 0.299 e. The van der Waals surface area contributed by atoms with Gasteiger partial charge in [0.2, 0.25) is 0 Å². The maximum absolute atomic E-state index is 12.3.